The second-order valence-electron chi connectivity index (χ2n) is 6.18. The van der Waals surface area contributed by atoms with Crippen molar-refractivity contribution in [3.05, 3.63) is 0 Å². The fraction of sp³-hybridized carbons (Fsp3) is 1.00. The average molecular weight is 230 g/mol. The molecule has 2 saturated heterocycles. The summed E-state index contributed by atoms with van der Waals surface area (Å²) in [4.78, 5) is 0. The molecule has 0 bridgehead atoms. The molecular formula is C12H22O4. The fourth-order valence-electron chi connectivity index (χ4n) is 1.80. The average Bonchev–Trinajstić information content (AvgIpc) is 2.52. The van der Waals surface area contributed by atoms with Crippen molar-refractivity contribution >= 4 is 0 Å². The minimum absolute atomic E-state index is 0.256. The van der Waals surface area contributed by atoms with Gasteiger partial charge in [-0.1, -0.05) is 0 Å². The molecule has 0 aromatic rings. The number of hydrogen-bond acceptors (Lipinski definition) is 4. The molecule has 4 nitrogen and oxygen atoms in total. The first-order valence-corrected chi connectivity index (χ1v) is 5.78. The summed E-state index contributed by atoms with van der Waals surface area (Å²) >= 11 is 0. The van der Waals surface area contributed by atoms with Crippen molar-refractivity contribution in [2.24, 2.45) is 0 Å². The number of rotatable bonds is 1. The summed E-state index contributed by atoms with van der Waals surface area (Å²) in [5.74, 6) is 0. The van der Waals surface area contributed by atoms with Gasteiger partial charge in [-0.25, -0.2) is 0 Å². The Hall–Kier alpha value is -0.160. The van der Waals surface area contributed by atoms with E-state index in [9.17, 15) is 0 Å². The molecule has 0 spiro atoms. The topological polar surface area (TPSA) is 36.9 Å². The zero-order chi connectivity index (χ0) is 12.2. The van der Waals surface area contributed by atoms with Crippen LogP contribution >= 0.6 is 0 Å². The monoisotopic (exact) mass is 230 g/mol. The van der Waals surface area contributed by atoms with Gasteiger partial charge in [-0.05, 0) is 41.5 Å². The number of ether oxygens (including phenoxy) is 4. The first-order valence-electron chi connectivity index (χ1n) is 5.78. The van der Waals surface area contributed by atoms with Crippen molar-refractivity contribution in [1.29, 1.82) is 0 Å². The highest BCUT2D eigenvalue weighted by atomic mass is 16.8. The predicted molar refractivity (Wildman–Crippen MR) is 59.0 cm³/mol. The predicted octanol–water partition coefficient (Wildman–Crippen LogP) is 2.07. The summed E-state index contributed by atoms with van der Waals surface area (Å²) < 4.78 is 23.1. The molecule has 94 valence electrons. The Labute approximate surface area is 97.2 Å². The Balaban J connectivity index is 2.05. The molecule has 16 heavy (non-hydrogen) atoms. The summed E-state index contributed by atoms with van der Waals surface area (Å²) in [6.07, 6.45) is -0.858. The van der Waals surface area contributed by atoms with Crippen LogP contribution in [0.3, 0.4) is 0 Å². The van der Waals surface area contributed by atoms with Gasteiger partial charge in [-0.3, -0.25) is 0 Å². The highest BCUT2D eigenvalue weighted by Gasteiger charge is 2.54. The molecule has 2 heterocycles. The first kappa shape index (κ1) is 12.3. The van der Waals surface area contributed by atoms with E-state index in [2.05, 4.69) is 0 Å². The lowest BCUT2D eigenvalue weighted by Gasteiger charge is -2.30. The van der Waals surface area contributed by atoms with Crippen molar-refractivity contribution in [3.8, 4) is 0 Å². The molecule has 2 aliphatic rings. The maximum absolute atomic E-state index is 5.87. The van der Waals surface area contributed by atoms with Crippen LogP contribution < -0.4 is 0 Å². The van der Waals surface area contributed by atoms with Gasteiger partial charge in [0.1, 0.15) is 0 Å². The first-order chi connectivity index (χ1) is 7.13. The van der Waals surface area contributed by atoms with Crippen LogP contribution in [0.5, 0.6) is 0 Å². The maximum atomic E-state index is 5.87. The largest absolute Gasteiger partial charge is 0.345 e. The molecule has 0 saturated carbocycles. The number of hydrogen-bond donors (Lipinski definition) is 0. The van der Waals surface area contributed by atoms with Gasteiger partial charge in [-0.15, -0.1) is 0 Å². The van der Waals surface area contributed by atoms with Gasteiger partial charge in [0.05, 0.1) is 23.4 Å². The van der Waals surface area contributed by atoms with Crippen LogP contribution in [0.25, 0.3) is 0 Å². The van der Waals surface area contributed by atoms with Crippen LogP contribution in [0.15, 0.2) is 0 Å². The van der Waals surface area contributed by atoms with Crippen LogP contribution in [-0.4, -0.2) is 36.0 Å². The van der Waals surface area contributed by atoms with Crippen molar-refractivity contribution in [3.63, 3.8) is 0 Å². The van der Waals surface area contributed by atoms with Gasteiger partial charge in [0, 0.05) is 0 Å². The van der Waals surface area contributed by atoms with Gasteiger partial charge in [-0.2, -0.15) is 0 Å². The second kappa shape index (κ2) is 3.42. The normalized spacial score (nSPS) is 36.8. The molecule has 4 heteroatoms. The van der Waals surface area contributed by atoms with Gasteiger partial charge in [0.25, 0.3) is 0 Å². The Morgan fingerprint density at radius 1 is 0.750 bits per heavy atom. The fourth-order valence-corrected chi connectivity index (χ4v) is 1.80. The molecule has 0 aromatic carbocycles. The lowest BCUT2D eigenvalue weighted by Crippen LogP contribution is -2.41. The van der Waals surface area contributed by atoms with E-state index >= 15 is 0 Å². The molecule has 0 amide bonds. The molecule has 2 aliphatic heterocycles. The Morgan fingerprint density at radius 3 is 1.62 bits per heavy atom. The summed E-state index contributed by atoms with van der Waals surface area (Å²) in [5.41, 5.74) is -0.928. The SMILES string of the molecule is CC1(C)COC(C2OC(C)(C)C(C)(C)O2)O1. The van der Waals surface area contributed by atoms with Crippen LogP contribution in [-0.2, 0) is 18.9 Å². The van der Waals surface area contributed by atoms with E-state index in [-0.39, 0.29) is 16.8 Å². The second-order valence-corrected chi connectivity index (χ2v) is 6.18. The molecule has 2 rings (SSSR count). The van der Waals surface area contributed by atoms with Gasteiger partial charge < -0.3 is 18.9 Å². The molecule has 2 fully saturated rings. The summed E-state index contributed by atoms with van der Waals surface area (Å²) in [7, 11) is 0. The standard InChI is InChI=1S/C12H22O4/c1-10(2)7-13-8(14-10)9-15-11(3,4)12(5,6)16-9/h8-9H,7H2,1-6H3. The molecule has 0 aromatic heterocycles. The Kier molecular flexibility index (Phi) is 2.63. The minimum atomic E-state index is -0.438. The van der Waals surface area contributed by atoms with Crippen LogP contribution in [0.1, 0.15) is 41.5 Å². The van der Waals surface area contributed by atoms with Crippen LogP contribution in [0.4, 0.5) is 0 Å². The Bertz CT molecular complexity index is 267. The zero-order valence-corrected chi connectivity index (χ0v) is 11.0. The third kappa shape index (κ3) is 1.99. The van der Waals surface area contributed by atoms with E-state index < -0.39 is 12.6 Å². The Morgan fingerprint density at radius 2 is 1.25 bits per heavy atom. The molecule has 1 atom stereocenters. The minimum Gasteiger partial charge on any atom is -0.345 e. The van der Waals surface area contributed by atoms with Crippen LogP contribution in [0, 0.1) is 0 Å². The third-order valence-electron chi connectivity index (χ3n) is 3.52. The van der Waals surface area contributed by atoms with Gasteiger partial charge in [0.15, 0.2) is 0 Å². The third-order valence-corrected chi connectivity index (χ3v) is 3.52. The van der Waals surface area contributed by atoms with E-state index in [0.29, 0.717) is 6.61 Å². The highest BCUT2D eigenvalue weighted by Crippen LogP contribution is 2.41. The summed E-state index contributed by atoms with van der Waals surface area (Å²) in [5, 5.41) is 0. The molecule has 1 unspecified atom stereocenters. The highest BCUT2D eigenvalue weighted by molar-refractivity contribution is 4.95. The molecule has 0 aliphatic carbocycles. The zero-order valence-electron chi connectivity index (χ0n) is 11.0. The van der Waals surface area contributed by atoms with Crippen molar-refractivity contribution < 1.29 is 18.9 Å². The van der Waals surface area contributed by atoms with E-state index in [0.717, 1.165) is 0 Å². The van der Waals surface area contributed by atoms with E-state index in [1.165, 1.54) is 0 Å². The molecule has 0 radical (unpaired) electrons. The van der Waals surface area contributed by atoms with E-state index in [4.69, 9.17) is 18.9 Å². The smallest absolute Gasteiger partial charge is 0.210 e. The molecular weight excluding hydrogens is 208 g/mol. The van der Waals surface area contributed by atoms with E-state index in [1.54, 1.807) is 0 Å². The quantitative estimate of drug-likeness (QED) is 0.691. The summed E-state index contributed by atoms with van der Waals surface area (Å²) in [6, 6.07) is 0. The van der Waals surface area contributed by atoms with Gasteiger partial charge in [0.2, 0.25) is 12.6 Å². The lowest BCUT2D eigenvalue weighted by atomic mass is 9.90. The van der Waals surface area contributed by atoms with Crippen LogP contribution in [0.2, 0.25) is 0 Å². The maximum Gasteiger partial charge on any atom is 0.210 e. The van der Waals surface area contributed by atoms with Crippen molar-refractivity contribution in [1.82, 2.24) is 0 Å². The lowest BCUT2D eigenvalue weighted by molar-refractivity contribution is -0.232. The molecule has 0 N–H and O–H groups in total. The van der Waals surface area contributed by atoms with Crippen molar-refractivity contribution in [2.45, 2.75) is 70.9 Å². The van der Waals surface area contributed by atoms with E-state index in [1.807, 2.05) is 41.5 Å². The van der Waals surface area contributed by atoms with Gasteiger partial charge >= 0.3 is 0 Å². The van der Waals surface area contributed by atoms with Crippen molar-refractivity contribution in [2.75, 3.05) is 6.61 Å². The summed E-state index contributed by atoms with van der Waals surface area (Å²) in [6.45, 7) is 12.7.